The van der Waals surface area contributed by atoms with E-state index in [1.165, 1.54) is 19.3 Å². The maximum Gasteiger partial charge on any atom is 0.230 e. The average Bonchev–Trinajstić information content (AvgIpc) is 2.59. The van der Waals surface area contributed by atoms with Crippen LogP contribution in [0.1, 0.15) is 30.9 Å². The van der Waals surface area contributed by atoms with Crippen molar-refractivity contribution in [3.8, 4) is 11.1 Å². The number of anilines is 1. The van der Waals surface area contributed by atoms with Gasteiger partial charge in [0.2, 0.25) is 5.88 Å². The lowest BCUT2D eigenvalue weighted by Gasteiger charge is -2.24. The summed E-state index contributed by atoms with van der Waals surface area (Å²) in [5.74, 6) is 0.928. The second-order valence-corrected chi connectivity index (χ2v) is 5.27. The third-order valence-corrected chi connectivity index (χ3v) is 4.07. The van der Waals surface area contributed by atoms with Crippen LogP contribution in [0.25, 0.3) is 11.1 Å². The van der Waals surface area contributed by atoms with Crippen LogP contribution in [0.3, 0.4) is 0 Å². The molecule has 0 unspecified atom stereocenters. The second-order valence-electron chi connectivity index (χ2n) is 4.41. The fourth-order valence-corrected chi connectivity index (χ4v) is 2.69. The van der Waals surface area contributed by atoms with Gasteiger partial charge < -0.3 is 10.3 Å². The number of hydrogen-bond acceptors (Lipinski definition) is 3. The first-order valence-corrected chi connectivity index (χ1v) is 6.56. The fourth-order valence-electron chi connectivity index (χ4n) is 2.21. The van der Waals surface area contributed by atoms with Gasteiger partial charge in [0, 0.05) is 16.0 Å². The number of nitrogens with zero attached hydrogens (tertiary/aromatic N) is 1. The normalized spacial score (nSPS) is 15.8. The Morgan fingerprint density at radius 1 is 1.29 bits per heavy atom. The van der Waals surface area contributed by atoms with Gasteiger partial charge >= 0.3 is 0 Å². The molecule has 0 saturated heterocycles. The molecule has 1 saturated carbocycles. The zero-order valence-electron chi connectivity index (χ0n) is 9.32. The summed E-state index contributed by atoms with van der Waals surface area (Å²) in [6.45, 7) is 0. The lowest BCUT2D eigenvalue weighted by atomic mass is 9.80. The van der Waals surface area contributed by atoms with Crippen molar-refractivity contribution in [2.45, 2.75) is 25.2 Å². The molecule has 0 aliphatic heterocycles. The quantitative estimate of drug-likeness (QED) is 0.912. The zero-order chi connectivity index (χ0) is 11.8. The molecule has 0 amide bonds. The topological polar surface area (TPSA) is 52.0 Å². The molecule has 1 aliphatic rings. The number of hydrogen-bond donors (Lipinski definition) is 1. The van der Waals surface area contributed by atoms with Crippen LogP contribution in [-0.2, 0) is 0 Å². The van der Waals surface area contributed by atoms with Crippen molar-refractivity contribution in [1.82, 2.24) is 5.16 Å². The van der Waals surface area contributed by atoms with E-state index in [1.54, 1.807) is 0 Å². The highest BCUT2D eigenvalue weighted by molar-refractivity contribution is 9.10. The van der Waals surface area contributed by atoms with Crippen LogP contribution in [0, 0.1) is 0 Å². The first-order chi connectivity index (χ1) is 8.27. The molecule has 17 heavy (non-hydrogen) atoms. The van der Waals surface area contributed by atoms with Crippen molar-refractivity contribution >= 4 is 21.8 Å². The molecule has 0 atom stereocenters. The first-order valence-electron chi connectivity index (χ1n) is 5.77. The summed E-state index contributed by atoms with van der Waals surface area (Å²) in [4.78, 5) is 0. The highest BCUT2D eigenvalue weighted by Gasteiger charge is 2.28. The third kappa shape index (κ3) is 1.76. The lowest BCUT2D eigenvalue weighted by Crippen LogP contribution is -2.10. The van der Waals surface area contributed by atoms with E-state index in [0.717, 1.165) is 21.3 Å². The number of nitrogens with two attached hydrogens (primary N) is 1. The van der Waals surface area contributed by atoms with Crippen LogP contribution >= 0.6 is 15.9 Å². The Labute approximate surface area is 108 Å². The van der Waals surface area contributed by atoms with Gasteiger partial charge in [0.1, 0.15) is 0 Å². The summed E-state index contributed by atoms with van der Waals surface area (Å²) in [6.07, 6.45) is 3.64. The van der Waals surface area contributed by atoms with Crippen molar-refractivity contribution < 1.29 is 4.52 Å². The number of benzene rings is 1. The van der Waals surface area contributed by atoms with Gasteiger partial charge in [-0.15, -0.1) is 0 Å². The van der Waals surface area contributed by atoms with Crippen LogP contribution < -0.4 is 5.73 Å². The summed E-state index contributed by atoms with van der Waals surface area (Å²) in [5.41, 5.74) is 8.95. The third-order valence-electron chi connectivity index (χ3n) is 3.38. The molecule has 1 aromatic heterocycles. The Bertz CT molecular complexity index is 546. The average molecular weight is 293 g/mol. The SMILES string of the molecule is Nc1onc(C2CCC2)c1-c1ccccc1Br. The van der Waals surface area contributed by atoms with E-state index in [4.69, 9.17) is 10.3 Å². The maximum absolute atomic E-state index is 5.91. The molecule has 3 rings (SSSR count). The van der Waals surface area contributed by atoms with Crippen molar-refractivity contribution in [2.24, 2.45) is 0 Å². The summed E-state index contributed by atoms with van der Waals surface area (Å²) >= 11 is 3.55. The van der Waals surface area contributed by atoms with Crippen LogP contribution in [0.5, 0.6) is 0 Å². The predicted octanol–water partition coefficient (Wildman–Crippen LogP) is 3.95. The van der Waals surface area contributed by atoms with Crippen LogP contribution in [0.15, 0.2) is 33.3 Å². The number of aromatic nitrogens is 1. The van der Waals surface area contributed by atoms with E-state index in [-0.39, 0.29) is 0 Å². The van der Waals surface area contributed by atoms with Gasteiger partial charge in [-0.25, -0.2) is 0 Å². The summed E-state index contributed by atoms with van der Waals surface area (Å²) < 4.78 is 6.19. The molecule has 1 aliphatic carbocycles. The largest absolute Gasteiger partial charge is 0.367 e. The molecule has 4 heteroatoms. The maximum atomic E-state index is 5.91. The van der Waals surface area contributed by atoms with Gasteiger partial charge in [-0.05, 0) is 18.9 Å². The molecule has 0 bridgehead atoms. The Morgan fingerprint density at radius 3 is 2.71 bits per heavy atom. The van der Waals surface area contributed by atoms with E-state index >= 15 is 0 Å². The Kier molecular flexibility index (Phi) is 2.67. The summed E-state index contributed by atoms with van der Waals surface area (Å²) in [7, 11) is 0. The van der Waals surface area contributed by atoms with Crippen LogP contribution in [0.4, 0.5) is 5.88 Å². The first kappa shape index (κ1) is 10.8. The molecule has 1 aromatic carbocycles. The molecule has 1 fully saturated rings. The highest BCUT2D eigenvalue weighted by atomic mass is 79.9. The minimum absolute atomic E-state index is 0.416. The number of nitrogen functional groups attached to an aromatic ring is 1. The highest BCUT2D eigenvalue weighted by Crippen LogP contribution is 2.44. The van der Waals surface area contributed by atoms with E-state index in [9.17, 15) is 0 Å². The summed E-state index contributed by atoms with van der Waals surface area (Å²) in [6, 6.07) is 8.03. The fraction of sp³-hybridized carbons (Fsp3) is 0.308. The molecular weight excluding hydrogens is 280 g/mol. The van der Waals surface area contributed by atoms with Gasteiger partial charge in [-0.3, -0.25) is 0 Å². The van der Waals surface area contributed by atoms with Gasteiger partial charge in [0.25, 0.3) is 0 Å². The van der Waals surface area contributed by atoms with Crippen molar-refractivity contribution in [3.63, 3.8) is 0 Å². The molecular formula is C13H13BrN2O. The zero-order valence-corrected chi connectivity index (χ0v) is 10.9. The number of halogens is 1. The van der Waals surface area contributed by atoms with Crippen molar-refractivity contribution in [1.29, 1.82) is 0 Å². The molecule has 0 radical (unpaired) electrons. The minimum atomic E-state index is 0.416. The van der Waals surface area contributed by atoms with Crippen LogP contribution in [0.2, 0.25) is 0 Å². The smallest absolute Gasteiger partial charge is 0.230 e. The molecule has 0 spiro atoms. The second kappa shape index (κ2) is 4.18. The van der Waals surface area contributed by atoms with E-state index in [2.05, 4.69) is 21.1 Å². The Balaban J connectivity index is 2.13. The van der Waals surface area contributed by atoms with Gasteiger partial charge in [-0.1, -0.05) is 45.7 Å². The molecule has 2 N–H and O–H groups in total. The molecule has 88 valence electrons. The monoisotopic (exact) mass is 292 g/mol. The van der Waals surface area contributed by atoms with Crippen molar-refractivity contribution in [3.05, 3.63) is 34.4 Å². The predicted molar refractivity (Wildman–Crippen MR) is 70.6 cm³/mol. The molecule has 3 nitrogen and oxygen atoms in total. The van der Waals surface area contributed by atoms with Gasteiger partial charge in [0.05, 0.1) is 11.3 Å². The Morgan fingerprint density at radius 2 is 2.06 bits per heavy atom. The Hall–Kier alpha value is -1.29. The van der Waals surface area contributed by atoms with E-state index in [1.807, 2.05) is 24.3 Å². The lowest BCUT2D eigenvalue weighted by molar-refractivity contribution is 0.369. The van der Waals surface area contributed by atoms with Crippen molar-refractivity contribution in [2.75, 3.05) is 5.73 Å². The van der Waals surface area contributed by atoms with Gasteiger partial charge in [0.15, 0.2) is 0 Å². The van der Waals surface area contributed by atoms with E-state index in [0.29, 0.717) is 11.8 Å². The standard InChI is InChI=1S/C13H13BrN2O/c14-10-7-2-1-6-9(10)11-12(8-4-3-5-8)16-17-13(11)15/h1-2,6-8H,3-5,15H2. The molecule has 2 aromatic rings. The van der Waals surface area contributed by atoms with E-state index < -0.39 is 0 Å². The van der Waals surface area contributed by atoms with Crippen LogP contribution in [-0.4, -0.2) is 5.16 Å². The summed E-state index contributed by atoms with van der Waals surface area (Å²) in [5, 5.41) is 4.13. The molecule has 1 heterocycles. The minimum Gasteiger partial charge on any atom is -0.367 e. The van der Waals surface area contributed by atoms with Gasteiger partial charge in [-0.2, -0.15) is 0 Å². The number of rotatable bonds is 2.